The van der Waals surface area contributed by atoms with Crippen LogP contribution in [0.5, 0.6) is 5.75 Å². The van der Waals surface area contributed by atoms with E-state index in [-0.39, 0.29) is 6.61 Å². The fourth-order valence-electron chi connectivity index (χ4n) is 2.88. The van der Waals surface area contributed by atoms with Crippen molar-refractivity contribution >= 4 is 5.69 Å². The van der Waals surface area contributed by atoms with Crippen LogP contribution in [-0.4, -0.2) is 35.8 Å². The second-order valence-electron chi connectivity index (χ2n) is 6.04. The topological polar surface area (TPSA) is 58.7 Å². The van der Waals surface area contributed by atoms with Gasteiger partial charge in [-0.15, -0.1) is 0 Å². The summed E-state index contributed by atoms with van der Waals surface area (Å²) in [4.78, 5) is 2.29. The molecule has 0 amide bonds. The number of rotatable bonds is 9. The number of hydrogen-bond donors (Lipinski definition) is 2. The Labute approximate surface area is 144 Å². The van der Waals surface area contributed by atoms with Crippen molar-refractivity contribution in [3.05, 3.63) is 59.7 Å². The van der Waals surface area contributed by atoms with E-state index in [1.54, 1.807) is 0 Å². The van der Waals surface area contributed by atoms with Crippen LogP contribution < -0.4 is 10.5 Å². The van der Waals surface area contributed by atoms with Gasteiger partial charge in [-0.2, -0.15) is 0 Å². The lowest BCUT2D eigenvalue weighted by molar-refractivity contribution is 0.150. The molecule has 0 fully saturated rings. The molecule has 0 aliphatic carbocycles. The maximum Gasteiger partial charge on any atom is 0.142 e. The first kappa shape index (κ1) is 18.3. The molecular formula is C20H28N2O2. The molecule has 3 N–H and O–H groups in total. The molecular weight excluding hydrogens is 300 g/mol. The first-order valence-corrected chi connectivity index (χ1v) is 8.54. The summed E-state index contributed by atoms with van der Waals surface area (Å²) < 4.78 is 5.49. The van der Waals surface area contributed by atoms with Crippen molar-refractivity contribution in [2.75, 3.05) is 25.5 Å². The van der Waals surface area contributed by atoms with Crippen LogP contribution in [0.4, 0.5) is 5.69 Å². The van der Waals surface area contributed by atoms with E-state index in [1.165, 1.54) is 11.1 Å². The van der Waals surface area contributed by atoms with E-state index in [9.17, 15) is 5.11 Å². The molecule has 0 aliphatic heterocycles. The van der Waals surface area contributed by atoms with Gasteiger partial charge < -0.3 is 15.6 Å². The molecule has 2 rings (SSSR count). The Hall–Kier alpha value is -2.04. The lowest BCUT2D eigenvalue weighted by Crippen LogP contribution is -2.36. The molecule has 0 heterocycles. The molecule has 130 valence electrons. The minimum Gasteiger partial charge on any atom is -0.492 e. The average molecular weight is 328 g/mol. The Morgan fingerprint density at radius 1 is 1.12 bits per heavy atom. The number of benzene rings is 2. The quantitative estimate of drug-likeness (QED) is 0.695. The summed E-state index contributed by atoms with van der Waals surface area (Å²) in [6.07, 6.45) is 0.878. The van der Waals surface area contributed by atoms with Crippen LogP contribution in [0.15, 0.2) is 48.5 Å². The van der Waals surface area contributed by atoms with Gasteiger partial charge in [0.1, 0.15) is 5.75 Å². The van der Waals surface area contributed by atoms with Gasteiger partial charge in [0.2, 0.25) is 0 Å². The number of anilines is 1. The molecule has 1 unspecified atom stereocenters. The number of aliphatic hydroxyl groups is 1. The Bertz CT molecular complexity index is 616. The molecule has 4 nitrogen and oxygen atoms in total. The molecule has 0 radical (unpaired) electrons. The summed E-state index contributed by atoms with van der Waals surface area (Å²) in [7, 11) is 0. The normalized spacial score (nSPS) is 12.3. The van der Waals surface area contributed by atoms with Gasteiger partial charge in [0.05, 0.1) is 18.9 Å². The third-order valence-corrected chi connectivity index (χ3v) is 4.14. The Balaban J connectivity index is 2.04. The van der Waals surface area contributed by atoms with Crippen LogP contribution in [0.1, 0.15) is 25.0 Å². The molecule has 0 saturated carbocycles. The molecule has 2 aromatic carbocycles. The number of nitrogen functional groups attached to an aromatic ring is 1. The van der Waals surface area contributed by atoms with Crippen LogP contribution in [0.3, 0.4) is 0 Å². The SMILES string of the molecule is CCOc1ccc(CC(C)N(CCO)Cc2ccccc2)cc1N. The van der Waals surface area contributed by atoms with Crippen LogP contribution in [-0.2, 0) is 13.0 Å². The second-order valence-corrected chi connectivity index (χ2v) is 6.04. The minimum atomic E-state index is 0.155. The third-order valence-electron chi connectivity index (χ3n) is 4.14. The Morgan fingerprint density at radius 2 is 1.88 bits per heavy atom. The van der Waals surface area contributed by atoms with Crippen molar-refractivity contribution in [3.8, 4) is 5.75 Å². The van der Waals surface area contributed by atoms with Crippen LogP contribution in [0.25, 0.3) is 0 Å². The molecule has 0 saturated heterocycles. The number of nitrogens with two attached hydrogens (primary N) is 1. The van der Waals surface area contributed by atoms with Crippen LogP contribution >= 0.6 is 0 Å². The largest absolute Gasteiger partial charge is 0.492 e. The summed E-state index contributed by atoms with van der Waals surface area (Å²) >= 11 is 0. The average Bonchev–Trinajstić information content (AvgIpc) is 2.58. The van der Waals surface area contributed by atoms with Gasteiger partial charge in [0.15, 0.2) is 0 Å². The molecule has 24 heavy (non-hydrogen) atoms. The standard InChI is InChI=1S/C20H28N2O2/c1-3-24-20-10-9-18(14-19(20)21)13-16(2)22(11-12-23)15-17-7-5-4-6-8-17/h4-10,14,16,23H,3,11-13,15,21H2,1-2H3. The molecule has 2 aromatic rings. The van der Waals surface area contributed by atoms with Crippen molar-refractivity contribution < 1.29 is 9.84 Å². The molecule has 0 spiro atoms. The summed E-state index contributed by atoms with van der Waals surface area (Å²) in [5.41, 5.74) is 9.18. The van der Waals surface area contributed by atoms with Crippen molar-refractivity contribution in [1.29, 1.82) is 0 Å². The minimum absolute atomic E-state index is 0.155. The van der Waals surface area contributed by atoms with Crippen molar-refractivity contribution in [2.45, 2.75) is 32.9 Å². The zero-order chi connectivity index (χ0) is 17.4. The predicted molar refractivity (Wildman–Crippen MR) is 99.1 cm³/mol. The van der Waals surface area contributed by atoms with Gasteiger partial charge in [-0.25, -0.2) is 0 Å². The Morgan fingerprint density at radius 3 is 2.50 bits per heavy atom. The highest BCUT2D eigenvalue weighted by atomic mass is 16.5. The molecule has 0 bridgehead atoms. The van der Waals surface area contributed by atoms with Crippen LogP contribution in [0, 0.1) is 0 Å². The zero-order valence-electron chi connectivity index (χ0n) is 14.6. The summed E-state index contributed by atoms with van der Waals surface area (Å²) in [5, 5.41) is 9.39. The smallest absolute Gasteiger partial charge is 0.142 e. The number of nitrogens with zero attached hydrogens (tertiary/aromatic N) is 1. The van der Waals surface area contributed by atoms with Gasteiger partial charge in [-0.3, -0.25) is 4.90 Å². The van der Waals surface area contributed by atoms with Crippen molar-refractivity contribution in [3.63, 3.8) is 0 Å². The van der Waals surface area contributed by atoms with E-state index in [1.807, 2.05) is 37.3 Å². The Kier molecular flexibility index (Phi) is 7.09. The van der Waals surface area contributed by atoms with Crippen molar-refractivity contribution in [1.82, 2.24) is 4.90 Å². The van der Waals surface area contributed by atoms with E-state index in [4.69, 9.17) is 10.5 Å². The number of aliphatic hydroxyl groups excluding tert-OH is 1. The maximum absolute atomic E-state index is 9.39. The van der Waals surface area contributed by atoms with E-state index < -0.39 is 0 Å². The number of hydrogen-bond acceptors (Lipinski definition) is 4. The fraction of sp³-hybridized carbons (Fsp3) is 0.400. The van der Waals surface area contributed by atoms with Crippen molar-refractivity contribution in [2.24, 2.45) is 0 Å². The third kappa shape index (κ3) is 5.25. The first-order chi connectivity index (χ1) is 11.6. The van der Waals surface area contributed by atoms with E-state index >= 15 is 0 Å². The molecule has 0 aromatic heterocycles. The zero-order valence-corrected chi connectivity index (χ0v) is 14.6. The van der Waals surface area contributed by atoms with Gasteiger partial charge >= 0.3 is 0 Å². The maximum atomic E-state index is 9.39. The van der Waals surface area contributed by atoms with Gasteiger partial charge in [0.25, 0.3) is 0 Å². The monoisotopic (exact) mass is 328 g/mol. The lowest BCUT2D eigenvalue weighted by Gasteiger charge is -2.29. The highest BCUT2D eigenvalue weighted by Gasteiger charge is 2.15. The van der Waals surface area contributed by atoms with E-state index in [0.29, 0.717) is 24.9 Å². The summed E-state index contributed by atoms with van der Waals surface area (Å²) in [6.45, 7) is 6.39. The second kappa shape index (κ2) is 9.30. The van der Waals surface area contributed by atoms with Crippen LogP contribution in [0.2, 0.25) is 0 Å². The highest BCUT2D eigenvalue weighted by Crippen LogP contribution is 2.24. The lowest BCUT2D eigenvalue weighted by atomic mass is 10.0. The summed E-state index contributed by atoms with van der Waals surface area (Å²) in [5.74, 6) is 0.741. The first-order valence-electron chi connectivity index (χ1n) is 8.54. The predicted octanol–water partition coefficient (Wildman–Crippen LogP) is 3.09. The molecule has 0 aliphatic rings. The summed E-state index contributed by atoms with van der Waals surface area (Å²) in [6, 6.07) is 16.6. The highest BCUT2D eigenvalue weighted by molar-refractivity contribution is 5.54. The van der Waals surface area contributed by atoms with Gasteiger partial charge in [-0.1, -0.05) is 36.4 Å². The van der Waals surface area contributed by atoms with Gasteiger partial charge in [-0.05, 0) is 43.5 Å². The van der Waals surface area contributed by atoms with E-state index in [2.05, 4.69) is 30.0 Å². The van der Waals surface area contributed by atoms with Gasteiger partial charge in [0, 0.05) is 19.1 Å². The fourth-order valence-corrected chi connectivity index (χ4v) is 2.88. The van der Waals surface area contributed by atoms with E-state index in [0.717, 1.165) is 18.7 Å². The molecule has 4 heteroatoms. The molecule has 1 atom stereocenters. The number of ether oxygens (including phenoxy) is 1.